The number of nitrogens with zero attached hydrogens (tertiary/aromatic N) is 4. The maximum absolute atomic E-state index is 13.0. The molecule has 1 N–H and O–H groups in total. The summed E-state index contributed by atoms with van der Waals surface area (Å²) in [6.45, 7) is 8.88. The molecule has 0 spiro atoms. The predicted molar refractivity (Wildman–Crippen MR) is 125 cm³/mol. The van der Waals surface area contributed by atoms with Gasteiger partial charge in [0.2, 0.25) is 5.95 Å². The van der Waals surface area contributed by atoms with Gasteiger partial charge >= 0.3 is 0 Å². The summed E-state index contributed by atoms with van der Waals surface area (Å²) in [5.74, 6) is 0.593. The average Bonchev–Trinajstić information content (AvgIpc) is 2.78. The van der Waals surface area contributed by atoms with Crippen LogP contribution in [0.4, 0.5) is 11.6 Å². The molecule has 2 aromatic carbocycles. The van der Waals surface area contributed by atoms with E-state index >= 15 is 0 Å². The van der Waals surface area contributed by atoms with Gasteiger partial charge in [-0.15, -0.1) is 0 Å². The van der Waals surface area contributed by atoms with Crippen molar-refractivity contribution in [3.8, 4) is 0 Å². The lowest BCUT2D eigenvalue weighted by Crippen LogP contribution is -2.49. The van der Waals surface area contributed by atoms with E-state index in [1.54, 1.807) is 6.07 Å². The summed E-state index contributed by atoms with van der Waals surface area (Å²) in [7, 11) is 2.06. The van der Waals surface area contributed by atoms with E-state index in [0.717, 1.165) is 5.69 Å². The van der Waals surface area contributed by atoms with Gasteiger partial charge in [-0.05, 0) is 57.2 Å². The van der Waals surface area contributed by atoms with Gasteiger partial charge in [0.1, 0.15) is 0 Å². The number of H-pyrrole nitrogens is 1. The van der Waals surface area contributed by atoms with Crippen LogP contribution in [0.3, 0.4) is 0 Å². The van der Waals surface area contributed by atoms with E-state index in [9.17, 15) is 9.59 Å². The molecule has 1 saturated heterocycles. The number of aromatic nitrogens is 2. The second-order valence-electron chi connectivity index (χ2n) is 8.96. The van der Waals surface area contributed by atoms with Gasteiger partial charge in [0.05, 0.1) is 10.9 Å². The van der Waals surface area contributed by atoms with Gasteiger partial charge in [-0.2, -0.15) is 0 Å². The Kier molecular flexibility index (Phi) is 5.43. The number of carbonyl (C=O) groups excluding carboxylic acids is 1. The van der Waals surface area contributed by atoms with Crippen LogP contribution >= 0.6 is 0 Å². The molecule has 7 nitrogen and oxygen atoms in total. The topological polar surface area (TPSA) is 72.5 Å². The lowest BCUT2D eigenvalue weighted by molar-refractivity contribution is 0.0746. The first-order valence-electron chi connectivity index (χ1n) is 10.6. The first-order valence-corrected chi connectivity index (χ1v) is 10.6. The Morgan fingerprint density at radius 1 is 1.00 bits per heavy atom. The predicted octanol–water partition coefficient (Wildman–Crippen LogP) is 3.12. The van der Waals surface area contributed by atoms with Crippen molar-refractivity contribution in [2.75, 3.05) is 43.0 Å². The van der Waals surface area contributed by atoms with E-state index in [1.807, 2.05) is 52.3 Å². The summed E-state index contributed by atoms with van der Waals surface area (Å²) in [4.78, 5) is 38.9. The van der Waals surface area contributed by atoms with E-state index in [-0.39, 0.29) is 17.0 Å². The normalized spacial score (nSPS) is 14.7. The fourth-order valence-electron chi connectivity index (χ4n) is 3.74. The summed E-state index contributed by atoms with van der Waals surface area (Å²) in [6, 6.07) is 15.1. The minimum Gasteiger partial charge on any atom is -0.370 e. The minimum atomic E-state index is -0.139. The van der Waals surface area contributed by atoms with Gasteiger partial charge in [0.15, 0.2) is 0 Å². The first kappa shape index (κ1) is 20.9. The molecular weight excluding hydrogens is 390 g/mol. The Morgan fingerprint density at radius 3 is 2.29 bits per heavy atom. The second-order valence-corrected chi connectivity index (χ2v) is 8.96. The monoisotopic (exact) mass is 419 g/mol. The van der Waals surface area contributed by atoms with Crippen LogP contribution in [0, 0.1) is 0 Å². The van der Waals surface area contributed by atoms with Crippen LogP contribution in [-0.4, -0.2) is 59.5 Å². The number of rotatable bonds is 3. The smallest absolute Gasteiger partial charge is 0.260 e. The number of nitrogens with one attached hydrogen (secondary N) is 1. The van der Waals surface area contributed by atoms with Gasteiger partial charge in [0, 0.05) is 50.0 Å². The molecule has 31 heavy (non-hydrogen) atoms. The minimum absolute atomic E-state index is 0.0135. The van der Waals surface area contributed by atoms with Gasteiger partial charge in [-0.25, -0.2) is 4.98 Å². The van der Waals surface area contributed by atoms with Crippen LogP contribution in [0.25, 0.3) is 10.9 Å². The molecule has 1 aromatic heterocycles. The number of hydrogen-bond acceptors (Lipinski definition) is 5. The first-order chi connectivity index (χ1) is 14.7. The zero-order valence-electron chi connectivity index (χ0n) is 18.6. The molecule has 0 aliphatic carbocycles. The maximum Gasteiger partial charge on any atom is 0.260 e. The molecule has 0 bridgehead atoms. The van der Waals surface area contributed by atoms with Crippen LogP contribution in [0.1, 0.15) is 31.1 Å². The zero-order chi connectivity index (χ0) is 22.2. The summed E-state index contributed by atoms with van der Waals surface area (Å²) < 4.78 is 0. The van der Waals surface area contributed by atoms with Crippen molar-refractivity contribution < 1.29 is 4.79 Å². The summed E-state index contributed by atoms with van der Waals surface area (Å²) in [6.07, 6.45) is 0. The average molecular weight is 420 g/mol. The molecule has 0 atom stereocenters. The second kappa shape index (κ2) is 8.06. The summed E-state index contributed by atoms with van der Waals surface area (Å²) >= 11 is 0. The van der Waals surface area contributed by atoms with E-state index < -0.39 is 0 Å². The molecule has 0 radical (unpaired) electrons. The van der Waals surface area contributed by atoms with Crippen LogP contribution < -0.4 is 15.4 Å². The molecule has 7 heteroatoms. The number of benzene rings is 2. The zero-order valence-corrected chi connectivity index (χ0v) is 18.6. The molecule has 162 valence electrons. The van der Waals surface area contributed by atoms with E-state index in [2.05, 4.69) is 42.7 Å². The highest BCUT2D eigenvalue weighted by Crippen LogP contribution is 2.23. The van der Waals surface area contributed by atoms with Crippen molar-refractivity contribution in [2.24, 2.45) is 0 Å². The van der Waals surface area contributed by atoms with Crippen molar-refractivity contribution >= 4 is 28.4 Å². The van der Waals surface area contributed by atoms with Crippen molar-refractivity contribution in [3.05, 3.63) is 64.4 Å². The van der Waals surface area contributed by atoms with Gasteiger partial charge < -0.3 is 14.7 Å². The Hall–Kier alpha value is -3.35. The van der Waals surface area contributed by atoms with E-state index in [1.165, 1.54) is 0 Å². The fourth-order valence-corrected chi connectivity index (χ4v) is 3.74. The third-order valence-corrected chi connectivity index (χ3v) is 5.97. The van der Waals surface area contributed by atoms with Crippen molar-refractivity contribution in [2.45, 2.75) is 26.3 Å². The van der Waals surface area contributed by atoms with Crippen LogP contribution in [0.5, 0.6) is 0 Å². The van der Waals surface area contributed by atoms with Crippen molar-refractivity contribution in [3.63, 3.8) is 0 Å². The Labute approximate surface area is 182 Å². The summed E-state index contributed by atoms with van der Waals surface area (Å²) in [5, 5.41) is 0.584. The number of hydrogen-bond donors (Lipinski definition) is 1. The molecule has 3 aromatic rings. The molecule has 1 aliphatic heterocycles. The van der Waals surface area contributed by atoms with Crippen molar-refractivity contribution in [1.29, 1.82) is 0 Å². The highest BCUT2D eigenvalue weighted by Gasteiger charge is 2.24. The van der Waals surface area contributed by atoms with Crippen molar-refractivity contribution in [1.82, 2.24) is 14.9 Å². The number of aromatic amines is 1. The number of piperazine rings is 1. The number of para-hydroxylation sites is 1. The number of fused-ring (bicyclic) bond motifs is 1. The number of anilines is 2. The molecule has 4 rings (SSSR count). The third-order valence-electron chi connectivity index (χ3n) is 5.97. The fraction of sp³-hybridized carbons (Fsp3) is 0.375. The quantitative estimate of drug-likeness (QED) is 0.706. The SMILES string of the molecule is CN(c1ccc(C(=O)N2CCN(c3nc4ccccc4c(=O)[nH]3)CC2)cc1)C(C)(C)C. The summed E-state index contributed by atoms with van der Waals surface area (Å²) in [5.41, 5.74) is 2.33. The molecule has 1 fully saturated rings. The van der Waals surface area contributed by atoms with Crippen LogP contribution in [0.2, 0.25) is 0 Å². The lowest BCUT2D eigenvalue weighted by atomic mass is 10.1. The third kappa shape index (κ3) is 4.26. The van der Waals surface area contributed by atoms with Crippen LogP contribution in [-0.2, 0) is 0 Å². The molecule has 2 heterocycles. The van der Waals surface area contributed by atoms with E-state index in [0.29, 0.717) is 48.6 Å². The van der Waals surface area contributed by atoms with Gasteiger partial charge in [-0.3, -0.25) is 14.6 Å². The molecule has 0 saturated carbocycles. The molecular formula is C24H29N5O2. The van der Waals surface area contributed by atoms with Gasteiger partial charge in [0.25, 0.3) is 11.5 Å². The van der Waals surface area contributed by atoms with Gasteiger partial charge in [-0.1, -0.05) is 12.1 Å². The largest absolute Gasteiger partial charge is 0.370 e. The van der Waals surface area contributed by atoms with E-state index in [4.69, 9.17) is 0 Å². The molecule has 1 aliphatic rings. The standard InChI is InChI=1S/C24H29N5O2/c1-24(2,3)27(4)18-11-9-17(10-12-18)22(31)28-13-15-29(16-14-28)23-25-20-8-6-5-7-19(20)21(30)26-23/h5-12H,13-16H2,1-4H3,(H,25,26,30). The van der Waals surface area contributed by atoms with Crippen LogP contribution in [0.15, 0.2) is 53.3 Å². The molecule has 0 unspecified atom stereocenters. The molecule has 1 amide bonds. The highest BCUT2D eigenvalue weighted by molar-refractivity contribution is 5.94. The Morgan fingerprint density at radius 2 is 1.65 bits per heavy atom. The number of amides is 1. The highest BCUT2D eigenvalue weighted by atomic mass is 16.2. The Balaban J connectivity index is 1.43. The number of carbonyl (C=O) groups is 1. The lowest BCUT2D eigenvalue weighted by Gasteiger charge is -2.35. The Bertz CT molecular complexity index is 1140. The maximum atomic E-state index is 13.0.